The number of aryl methyl sites for hydroxylation is 3. The van der Waals surface area contributed by atoms with Gasteiger partial charge in [-0.05, 0) is 48.6 Å². The van der Waals surface area contributed by atoms with E-state index in [1.165, 1.54) is 0 Å². The van der Waals surface area contributed by atoms with Crippen LogP contribution in [0.3, 0.4) is 0 Å². The highest BCUT2D eigenvalue weighted by Gasteiger charge is 2.20. The van der Waals surface area contributed by atoms with Crippen molar-refractivity contribution < 1.29 is 9.47 Å². The van der Waals surface area contributed by atoms with Gasteiger partial charge in [0.2, 0.25) is 0 Å². The van der Waals surface area contributed by atoms with E-state index in [-0.39, 0.29) is 5.56 Å². The Hall–Kier alpha value is -3.94. The molecule has 0 saturated carbocycles. The maximum Gasteiger partial charge on any atom is 0.265 e. The van der Waals surface area contributed by atoms with Gasteiger partial charge < -0.3 is 14.0 Å². The molecule has 180 valence electrons. The van der Waals surface area contributed by atoms with Crippen LogP contribution in [0.25, 0.3) is 33.2 Å². The molecule has 0 saturated heterocycles. The first kappa shape index (κ1) is 22.8. The number of rotatable bonds is 8. The smallest absolute Gasteiger partial charge is 0.265 e. The summed E-state index contributed by atoms with van der Waals surface area (Å²) in [4.78, 5) is 28.0. The highest BCUT2D eigenvalue weighted by atomic mass is 16.5. The lowest BCUT2D eigenvalue weighted by atomic mass is 10.1. The van der Waals surface area contributed by atoms with E-state index in [2.05, 4.69) is 13.8 Å². The van der Waals surface area contributed by atoms with E-state index < -0.39 is 0 Å². The highest BCUT2D eigenvalue weighted by molar-refractivity contribution is 6.04. The monoisotopic (exact) mass is 471 g/mol. The fourth-order valence-corrected chi connectivity index (χ4v) is 4.38. The molecule has 35 heavy (non-hydrogen) atoms. The SMILES string of the molecule is COc1ccc(CCn2c3nc4ccccc4nc3c3c(=O)n(CCC(C)C)cnc32)cc1OC. The molecule has 3 heterocycles. The molecule has 0 unspecified atom stereocenters. The zero-order valence-corrected chi connectivity index (χ0v) is 20.5. The Morgan fingerprint density at radius 3 is 2.37 bits per heavy atom. The summed E-state index contributed by atoms with van der Waals surface area (Å²) in [7, 11) is 3.25. The molecule has 2 aromatic carbocycles. The van der Waals surface area contributed by atoms with Gasteiger partial charge in [0.25, 0.3) is 5.56 Å². The number of hydrogen-bond acceptors (Lipinski definition) is 6. The van der Waals surface area contributed by atoms with Crippen molar-refractivity contribution in [3.63, 3.8) is 0 Å². The van der Waals surface area contributed by atoms with Gasteiger partial charge in [0, 0.05) is 13.1 Å². The third-order valence-electron chi connectivity index (χ3n) is 6.34. The number of benzene rings is 2. The van der Waals surface area contributed by atoms with Crippen LogP contribution in [0.15, 0.2) is 53.6 Å². The predicted molar refractivity (Wildman–Crippen MR) is 137 cm³/mol. The zero-order valence-electron chi connectivity index (χ0n) is 20.5. The van der Waals surface area contributed by atoms with E-state index >= 15 is 0 Å². The molecule has 0 amide bonds. The second-order valence-electron chi connectivity index (χ2n) is 9.10. The molecule has 0 fully saturated rings. The van der Waals surface area contributed by atoms with Gasteiger partial charge in [0.15, 0.2) is 22.8 Å². The number of hydrogen-bond donors (Lipinski definition) is 0. The second kappa shape index (κ2) is 9.37. The van der Waals surface area contributed by atoms with Gasteiger partial charge in [-0.3, -0.25) is 9.36 Å². The second-order valence-corrected chi connectivity index (χ2v) is 9.10. The third-order valence-corrected chi connectivity index (χ3v) is 6.34. The number of nitrogens with zero attached hydrogens (tertiary/aromatic N) is 5. The van der Waals surface area contributed by atoms with Crippen molar-refractivity contribution in [3.8, 4) is 11.5 Å². The topological polar surface area (TPSA) is 84.1 Å². The van der Waals surface area contributed by atoms with Gasteiger partial charge in [-0.1, -0.05) is 32.0 Å². The summed E-state index contributed by atoms with van der Waals surface area (Å²) in [6.07, 6.45) is 3.25. The van der Waals surface area contributed by atoms with Crippen molar-refractivity contribution in [2.45, 2.75) is 39.8 Å². The van der Waals surface area contributed by atoms with Crippen molar-refractivity contribution in [1.29, 1.82) is 0 Å². The lowest BCUT2D eigenvalue weighted by Crippen LogP contribution is -2.21. The van der Waals surface area contributed by atoms with Gasteiger partial charge in [-0.2, -0.15) is 0 Å². The Bertz CT molecular complexity index is 1590. The maximum atomic E-state index is 13.5. The van der Waals surface area contributed by atoms with Crippen molar-refractivity contribution in [2.75, 3.05) is 14.2 Å². The maximum absolute atomic E-state index is 13.5. The predicted octanol–water partition coefficient (Wildman–Crippen LogP) is 4.60. The number of aromatic nitrogens is 5. The normalized spacial score (nSPS) is 11.7. The summed E-state index contributed by atoms with van der Waals surface area (Å²) in [5.74, 6) is 1.86. The molecule has 0 aliphatic rings. The molecule has 3 aromatic heterocycles. The summed E-state index contributed by atoms with van der Waals surface area (Å²) in [6.45, 7) is 5.51. The van der Waals surface area contributed by atoms with Crippen LogP contribution >= 0.6 is 0 Å². The molecule has 0 bridgehead atoms. The molecular formula is C27H29N5O3. The molecule has 0 radical (unpaired) electrons. The van der Waals surface area contributed by atoms with Crippen molar-refractivity contribution in [1.82, 2.24) is 24.1 Å². The lowest BCUT2D eigenvalue weighted by molar-refractivity contribution is 0.354. The molecule has 0 N–H and O–H groups in total. The third kappa shape index (κ3) is 4.20. The van der Waals surface area contributed by atoms with Gasteiger partial charge in [-0.25, -0.2) is 15.0 Å². The fourth-order valence-electron chi connectivity index (χ4n) is 4.38. The molecular weight excluding hydrogens is 442 g/mol. The van der Waals surface area contributed by atoms with Crippen molar-refractivity contribution in [3.05, 3.63) is 64.7 Å². The Kier molecular flexibility index (Phi) is 6.11. The Morgan fingerprint density at radius 2 is 1.66 bits per heavy atom. The molecule has 8 heteroatoms. The van der Waals surface area contributed by atoms with Gasteiger partial charge in [0.1, 0.15) is 10.9 Å². The van der Waals surface area contributed by atoms with Crippen LogP contribution in [0, 0.1) is 5.92 Å². The van der Waals surface area contributed by atoms with Crippen LogP contribution < -0.4 is 15.0 Å². The van der Waals surface area contributed by atoms with E-state index in [0.29, 0.717) is 59.1 Å². The summed E-state index contributed by atoms with van der Waals surface area (Å²) in [5.41, 5.74) is 4.44. The van der Waals surface area contributed by atoms with E-state index in [1.807, 2.05) is 47.0 Å². The number of methoxy groups -OCH3 is 2. The van der Waals surface area contributed by atoms with E-state index in [0.717, 1.165) is 23.0 Å². The first-order chi connectivity index (χ1) is 17.0. The average molecular weight is 472 g/mol. The first-order valence-electron chi connectivity index (χ1n) is 11.8. The minimum atomic E-state index is -0.0740. The molecule has 0 aliphatic carbocycles. The number of ether oxygens (including phenoxy) is 2. The minimum Gasteiger partial charge on any atom is -0.493 e. The quantitative estimate of drug-likeness (QED) is 0.329. The van der Waals surface area contributed by atoms with Crippen LogP contribution in [0.2, 0.25) is 0 Å². The molecule has 8 nitrogen and oxygen atoms in total. The average Bonchev–Trinajstić information content (AvgIpc) is 3.18. The number of fused-ring (bicyclic) bond motifs is 4. The van der Waals surface area contributed by atoms with E-state index in [1.54, 1.807) is 25.1 Å². The van der Waals surface area contributed by atoms with E-state index in [4.69, 9.17) is 24.4 Å². The van der Waals surface area contributed by atoms with Crippen molar-refractivity contribution in [2.24, 2.45) is 5.92 Å². The van der Waals surface area contributed by atoms with Crippen LogP contribution in [-0.2, 0) is 19.5 Å². The van der Waals surface area contributed by atoms with Gasteiger partial charge in [-0.15, -0.1) is 0 Å². The standard InChI is InChI=1S/C27H29N5O3/c1-17(2)11-13-31-16-28-25-23(27(31)33)24-26(30-20-8-6-5-7-19(20)29-24)32(25)14-12-18-9-10-21(34-3)22(15-18)35-4/h5-10,15-17H,11-14H2,1-4H3. The fraction of sp³-hybridized carbons (Fsp3) is 0.333. The highest BCUT2D eigenvalue weighted by Crippen LogP contribution is 2.29. The molecule has 0 aliphatic heterocycles. The Morgan fingerprint density at radius 1 is 0.914 bits per heavy atom. The minimum absolute atomic E-state index is 0.0740. The van der Waals surface area contributed by atoms with Crippen LogP contribution in [-0.4, -0.2) is 38.3 Å². The Labute approximate surface area is 203 Å². The van der Waals surface area contributed by atoms with Crippen LogP contribution in [0.4, 0.5) is 0 Å². The summed E-state index contributed by atoms with van der Waals surface area (Å²) < 4.78 is 14.5. The molecule has 0 atom stereocenters. The lowest BCUT2D eigenvalue weighted by Gasteiger charge is -2.11. The Balaban J connectivity index is 1.64. The van der Waals surface area contributed by atoms with Crippen LogP contribution in [0.1, 0.15) is 25.8 Å². The van der Waals surface area contributed by atoms with Crippen molar-refractivity contribution >= 4 is 33.2 Å². The van der Waals surface area contributed by atoms with E-state index in [9.17, 15) is 4.79 Å². The zero-order chi connectivity index (χ0) is 24.5. The van der Waals surface area contributed by atoms with Gasteiger partial charge in [0.05, 0.1) is 31.6 Å². The molecule has 5 aromatic rings. The first-order valence-corrected chi connectivity index (χ1v) is 11.8. The van der Waals surface area contributed by atoms with Crippen LogP contribution in [0.5, 0.6) is 11.5 Å². The molecule has 0 spiro atoms. The number of para-hydroxylation sites is 2. The molecule has 5 rings (SSSR count). The summed E-state index contributed by atoms with van der Waals surface area (Å²) >= 11 is 0. The summed E-state index contributed by atoms with van der Waals surface area (Å²) in [5, 5.41) is 0.525. The largest absolute Gasteiger partial charge is 0.493 e. The van der Waals surface area contributed by atoms with Gasteiger partial charge >= 0.3 is 0 Å². The summed E-state index contributed by atoms with van der Waals surface area (Å²) in [6, 6.07) is 13.6.